The second kappa shape index (κ2) is 10.4. The Kier molecular flexibility index (Phi) is 7.79. The third kappa shape index (κ3) is 6.01. The van der Waals surface area contributed by atoms with Crippen molar-refractivity contribution in [2.45, 2.75) is 51.2 Å². The molecule has 2 aromatic rings. The number of ether oxygens (including phenoxy) is 2. The standard InChI is InChI=1S/C24H32N2O5S/c1-17(2)31-20-7-5-19(6-8-20)16-25-32(28,29)21-9-10-23(30-4)22(15-21)24(27)26-13-11-18(3)12-14-26/h5-10,15,17-18,25H,11-14,16H2,1-4H3. The van der Waals surface area contributed by atoms with Gasteiger partial charge in [0.15, 0.2) is 0 Å². The zero-order chi connectivity index (χ0) is 23.3. The summed E-state index contributed by atoms with van der Waals surface area (Å²) >= 11 is 0. The lowest BCUT2D eigenvalue weighted by atomic mass is 9.98. The highest BCUT2D eigenvalue weighted by atomic mass is 32.2. The van der Waals surface area contributed by atoms with E-state index >= 15 is 0 Å². The van der Waals surface area contributed by atoms with Crippen LogP contribution in [0.5, 0.6) is 11.5 Å². The monoisotopic (exact) mass is 460 g/mol. The fourth-order valence-electron chi connectivity index (χ4n) is 3.62. The second-order valence-corrected chi connectivity index (χ2v) is 10.2. The van der Waals surface area contributed by atoms with Crippen molar-refractivity contribution in [1.29, 1.82) is 0 Å². The molecule has 7 nitrogen and oxygen atoms in total. The van der Waals surface area contributed by atoms with Crippen LogP contribution in [0.3, 0.4) is 0 Å². The molecule has 32 heavy (non-hydrogen) atoms. The Hall–Kier alpha value is -2.58. The molecule has 0 spiro atoms. The van der Waals surface area contributed by atoms with Crippen molar-refractivity contribution in [3.05, 3.63) is 53.6 Å². The van der Waals surface area contributed by atoms with Crippen LogP contribution in [0.1, 0.15) is 49.5 Å². The third-order valence-corrected chi connectivity index (χ3v) is 6.94. The molecule has 1 aliphatic rings. The van der Waals surface area contributed by atoms with Gasteiger partial charge in [0.2, 0.25) is 10.0 Å². The van der Waals surface area contributed by atoms with Crippen LogP contribution in [0.25, 0.3) is 0 Å². The number of methoxy groups -OCH3 is 1. The summed E-state index contributed by atoms with van der Waals surface area (Å²) in [5, 5.41) is 0. The van der Waals surface area contributed by atoms with Crippen molar-refractivity contribution in [3.8, 4) is 11.5 Å². The normalized spacial score (nSPS) is 15.1. The van der Waals surface area contributed by atoms with Crippen molar-refractivity contribution >= 4 is 15.9 Å². The summed E-state index contributed by atoms with van der Waals surface area (Å²) in [6, 6.07) is 11.7. The number of likely N-dealkylation sites (tertiary alicyclic amines) is 1. The molecule has 0 bridgehead atoms. The van der Waals surface area contributed by atoms with Crippen LogP contribution in [0, 0.1) is 5.92 Å². The van der Waals surface area contributed by atoms with Crippen LogP contribution in [0.4, 0.5) is 0 Å². The molecule has 1 fully saturated rings. The van der Waals surface area contributed by atoms with Crippen LogP contribution >= 0.6 is 0 Å². The molecular formula is C24H32N2O5S. The Morgan fingerprint density at radius 1 is 1.12 bits per heavy atom. The van der Waals surface area contributed by atoms with E-state index in [2.05, 4.69) is 11.6 Å². The minimum Gasteiger partial charge on any atom is -0.496 e. The lowest BCUT2D eigenvalue weighted by molar-refractivity contribution is 0.0693. The number of amides is 1. The van der Waals surface area contributed by atoms with E-state index in [9.17, 15) is 13.2 Å². The Labute approximate surface area is 190 Å². The number of nitrogens with one attached hydrogen (secondary N) is 1. The van der Waals surface area contributed by atoms with Gasteiger partial charge in [-0.25, -0.2) is 13.1 Å². The van der Waals surface area contributed by atoms with E-state index in [0.717, 1.165) is 24.2 Å². The van der Waals surface area contributed by atoms with E-state index < -0.39 is 10.0 Å². The predicted octanol–water partition coefficient (Wildman–Crippen LogP) is 3.83. The van der Waals surface area contributed by atoms with E-state index in [0.29, 0.717) is 24.8 Å². The molecule has 2 aromatic carbocycles. The summed E-state index contributed by atoms with van der Waals surface area (Å²) in [6.45, 7) is 7.52. The van der Waals surface area contributed by atoms with Gasteiger partial charge in [-0.1, -0.05) is 19.1 Å². The Morgan fingerprint density at radius 2 is 1.78 bits per heavy atom. The number of hydrogen-bond acceptors (Lipinski definition) is 5. The molecule has 1 amide bonds. The number of carbonyl (C=O) groups is 1. The summed E-state index contributed by atoms with van der Waals surface area (Å²) in [5.74, 6) is 1.49. The van der Waals surface area contributed by atoms with Crippen LogP contribution in [0.15, 0.2) is 47.4 Å². The maximum absolute atomic E-state index is 13.1. The lowest BCUT2D eigenvalue weighted by Crippen LogP contribution is -2.38. The molecule has 1 aliphatic heterocycles. The highest BCUT2D eigenvalue weighted by molar-refractivity contribution is 7.89. The highest BCUT2D eigenvalue weighted by Crippen LogP contribution is 2.26. The third-order valence-electron chi connectivity index (χ3n) is 5.54. The zero-order valence-electron chi connectivity index (χ0n) is 19.1. The molecule has 1 heterocycles. The van der Waals surface area contributed by atoms with E-state index in [-0.39, 0.29) is 29.0 Å². The van der Waals surface area contributed by atoms with Gasteiger partial charge in [-0.3, -0.25) is 4.79 Å². The smallest absolute Gasteiger partial charge is 0.257 e. The van der Waals surface area contributed by atoms with Crippen LogP contribution in [-0.2, 0) is 16.6 Å². The van der Waals surface area contributed by atoms with Crippen LogP contribution in [-0.4, -0.2) is 45.5 Å². The van der Waals surface area contributed by atoms with Gasteiger partial charge in [0.05, 0.1) is 23.7 Å². The van der Waals surface area contributed by atoms with Gasteiger partial charge in [0.1, 0.15) is 11.5 Å². The fraction of sp³-hybridized carbons (Fsp3) is 0.458. The number of piperidine rings is 1. The Balaban J connectivity index is 1.74. The minimum atomic E-state index is -3.82. The summed E-state index contributed by atoms with van der Waals surface area (Å²) in [5.41, 5.74) is 1.07. The molecule has 8 heteroatoms. The summed E-state index contributed by atoms with van der Waals surface area (Å²) in [7, 11) is -2.34. The van der Waals surface area contributed by atoms with Gasteiger partial charge in [-0.15, -0.1) is 0 Å². The number of nitrogens with zero attached hydrogens (tertiary/aromatic N) is 1. The van der Waals surface area contributed by atoms with Crippen molar-refractivity contribution in [2.24, 2.45) is 5.92 Å². The van der Waals surface area contributed by atoms with Gasteiger partial charge < -0.3 is 14.4 Å². The summed E-state index contributed by atoms with van der Waals surface area (Å²) in [4.78, 5) is 14.9. The topological polar surface area (TPSA) is 84.9 Å². The SMILES string of the molecule is COc1ccc(S(=O)(=O)NCc2ccc(OC(C)C)cc2)cc1C(=O)N1CCC(C)CC1. The maximum atomic E-state index is 13.1. The molecule has 0 atom stereocenters. The van der Waals surface area contributed by atoms with Gasteiger partial charge in [0, 0.05) is 19.6 Å². The van der Waals surface area contributed by atoms with E-state index in [4.69, 9.17) is 9.47 Å². The first-order chi connectivity index (χ1) is 15.2. The molecule has 0 radical (unpaired) electrons. The maximum Gasteiger partial charge on any atom is 0.257 e. The van der Waals surface area contributed by atoms with Crippen LogP contribution in [0.2, 0.25) is 0 Å². The quantitative estimate of drug-likeness (QED) is 0.647. The first-order valence-electron chi connectivity index (χ1n) is 10.9. The molecule has 1 saturated heterocycles. The largest absolute Gasteiger partial charge is 0.496 e. The van der Waals surface area contributed by atoms with Crippen molar-refractivity contribution in [3.63, 3.8) is 0 Å². The number of sulfonamides is 1. The molecule has 0 unspecified atom stereocenters. The number of hydrogen-bond donors (Lipinski definition) is 1. The average Bonchev–Trinajstić information content (AvgIpc) is 2.78. The van der Waals surface area contributed by atoms with Crippen molar-refractivity contribution < 1.29 is 22.7 Å². The fourth-order valence-corrected chi connectivity index (χ4v) is 4.67. The van der Waals surface area contributed by atoms with Crippen molar-refractivity contribution in [1.82, 2.24) is 9.62 Å². The van der Waals surface area contributed by atoms with Gasteiger partial charge in [0.25, 0.3) is 5.91 Å². The van der Waals surface area contributed by atoms with E-state index in [1.165, 1.54) is 25.3 Å². The average molecular weight is 461 g/mol. The number of carbonyl (C=O) groups excluding carboxylic acids is 1. The lowest BCUT2D eigenvalue weighted by Gasteiger charge is -2.30. The van der Waals surface area contributed by atoms with E-state index in [1.54, 1.807) is 4.90 Å². The van der Waals surface area contributed by atoms with Crippen LogP contribution < -0.4 is 14.2 Å². The molecule has 0 saturated carbocycles. The molecular weight excluding hydrogens is 428 g/mol. The van der Waals surface area contributed by atoms with Crippen molar-refractivity contribution in [2.75, 3.05) is 20.2 Å². The number of benzene rings is 2. The zero-order valence-corrected chi connectivity index (χ0v) is 19.9. The molecule has 174 valence electrons. The molecule has 0 aromatic heterocycles. The summed E-state index contributed by atoms with van der Waals surface area (Å²) in [6.07, 6.45) is 1.95. The highest BCUT2D eigenvalue weighted by Gasteiger charge is 2.26. The summed E-state index contributed by atoms with van der Waals surface area (Å²) < 4.78 is 39.4. The molecule has 0 aliphatic carbocycles. The second-order valence-electron chi connectivity index (χ2n) is 8.47. The van der Waals surface area contributed by atoms with Gasteiger partial charge in [-0.2, -0.15) is 0 Å². The van der Waals surface area contributed by atoms with Gasteiger partial charge in [-0.05, 0) is 68.5 Å². The van der Waals surface area contributed by atoms with E-state index in [1.807, 2.05) is 38.1 Å². The molecule has 1 N–H and O–H groups in total. The minimum absolute atomic E-state index is 0.0341. The predicted molar refractivity (Wildman–Crippen MR) is 124 cm³/mol. The first kappa shape index (κ1) is 24.1. The van der Waals surface area contributed by atoms with Gasteiger partial charge >= 0.3 is 0 Å². The Bertz CT molecular complexity index is 1030. The first-order valence-corrected chi connectivity index (χ1v) is 12.4. The number of rotatable bonds is 8. The molecule has 3 rings (SSSR count). The Morgan fingerprint density at radius 3 is 2.38 bits per heavy atom.